The van der Waals surface area contributed by atoms with Crippen LogP contribution in [0.5, 0.6) is 0 Å². The molecule has 0 radical (unpaired) electrons. The van der Waals surface area contributed by atoms with Gasteiger partial charge in [-0.1, -0.05) is 237 Å². The normalized spacial score (nSPS) is 12.1. The second-order valence-electron chi connectivity index (χ2n) is 17.4. The summed E-state index contributed by atoms with van der Waals surface area (Å²) in [5.74, 6) is -2.10. The van der Waals surface area contributed by atoms with Crippen molar-refractivity contribution in [2.75, 3.05) is 13.2 Å². The van der Waals surface area contributed by atoms with Crippen molar-refractivity contribution < 1.29 is 28.3 Å². The summed E-state index contributed by atoms with van der Waals surface area (Å²) in [5, 5.41) is 25.9. The zero-order chi connectivity index (χ0) is 44.9. The summed E-state index contributed by atoms with van der Waals surface area (Å²) in [4.78, 5) is 35.3. The van der Waals surface area contributed by atoms with Crippen molar-refractivity contribution in [2.45, 2.75) is 225 Å². The first kappa shape index (κ1) is 55.0. The summed E-state index contributed by atoms with van der Waals surface area (Å²) in [7, 11) is -4.07. The second kappa shape index (κ2) is 36.2. The largest absolute Gasteiger partial charge is 0.357 e. The molecule has 0 aliphatic heterocycles. The molecule has 0 heterocycles. The van der Waals surface area contributed by atoms with E-state index in [1.54, 1.807) is 30.3 Å². The van der Waals surface area contributed by atoms with E-state index in [1.807, 2.05) is 0 Å². The van der Waals surface area contributed by atoms with E-state index in [0.717, 1.165) is 56.7 Å². The van der Waals surface area contributed by atoms with Crippen molar-refractivity contribution in [3.63, 3.8) is 0 Å². The number of benzene rings is 2. The molecular formula is C50H84N3O8P. The third-order valence-electron chi connectivity index (χ3n) is 11.8. The molecule has 1 atom stereocenters. The molecule has 0 spiro atoms. The smallest absolute Gasteiger partial charge is 0.334 e. The van der Waals surface area contributed by atoms with Crippen LogP contribution in [0.15, 0.2) is 48.5 Å². The van der Waals surface area contributed by atoms with Gasteiger partial charge in [0, 0.05) is 12.1 Å². The summed E-state index contributed by atoms with van der Waals surface area (Å²) in [6, 6.07) is 11.5. The minimum absolute atomic E-state index is 0.177. The van der Waals surface area contributed by atoms with Crippen LogP contribution >= 0.6 is 7.60 Å². The lowest BCUT2D eigenvalue weighted by atomic mass is 10.0. The van der Waals surface area contributed by atoms with Gasteiger partial charge in [0.15, 0.2) is 5.78 Å². The molecule has 2 rings (SSSR count). The number of nitrogens with zero attached hydrogens (tertiary/aromatic N) is 2. The third kappa shape index (κ3) is 25.8. The molecule has 0 aliphatic rings. The quantitative estimate of drug-likeness (QED) is 0.0299. The molecule has 11 nitrogen and oxygen atoms in total. The standard InChI is InChI=1S/C50H84N3O8P/c1-3-5-7-9-11-13-15-17-19-21-23-25-27-29-31-36-40-60-62(59,61-41-37-32-30-28-26-24-22-20-18-16-14-12-10-8-6-4-2)50(45-38-34-33-35-39-45)51-49(54)46-42-47(52(55)56)44-48(43-46)53(57)58/h33-35,38-39,42-44,50H,3-32,36-37,40-41H2,1-2H3,(H,51,54). The van der Waals surface area contributed by atoms with E-state index in [0.29, 0.717) is 18.4 Å². The summed E-state index contributed by atoms with van der Waals surface area (Å²) in [6.45, 7) is 4.87. The van der Waals surface area contributed by atoms with Crippen molar-refractivity contribution in [3.8, 4) is 0 Å². The SMILES string of the molecule is CCCCCCCCCCCCCCCCCCOP(=O)(OCCCCCCCCCCCCCCCCCC)C(NC(=O)c1cc([N+](=O)[O-])cc([N+](=O)[O-])c1)c1ccccc1. The van der Waals surface area contributed by atoms with Crippen LogP contribution in [0.4, 0.5) is 11.4 Å². The molecule has 12 heteroatoms. The van der Waals surface area contributed by atoms with Gasteiger partial charge >= 0.3 is 7.60 Å². The lowest BCUT2D eigenvalue weighted by Gasteiger charge is -2.28. The summed E-state index contributed by atoms with van der Waals surface area (Å²) >= 11 is 0. The molecule has 1 amide bonds. The average molecular weight is 886 g/mol. The predicted molar refractivity (Wildman–Crippen MR) is 255 cm³/mol. The number of rotatable bonds is 42. The van der Waals surface area contributed by atoms with E-state index in [4.69, 9.17) is 9.05 Å². The first-order chi connectivity index (χ1) is 30.2. The molecule has 2 aromatic carbocycles. The Morgan fingerprint density at radius 2 is 0.823 bits per heavy atom. The van der Waals surface area contributed by atoms with Gasteiger partial charge in [0.25, 0.3) is 17.3 Å². The molecule has 62 heavy (non-hydrogen) atoms. The third-order valence-corrected chi connectivity index (χ3v) is 14.0. The topological polar surface area (TPSA) is 151 Å². The van der Waals surface area contributed by atoms with Crippen molar-refractivity contribution in [3.05, 3.63) is 79.9 Å². The maximum atomic E-state index is 14.9. The maximum absolute atomic E-state index is 14.9. The average Bonchev–Trinajstić information content (AvgIpc) is 3.27. The number of nitro benzene ring substituents is 2. The van der Waals surface area contributed by atoms with Crippen LogP contribution in [0.1, 0.15) is 241 Å². The van der Waals surface area contributed by atoms with Gasteiger partial charge in [0.1, 0.15) is 0 Å². The van der Waals surface area contributed by atoms with Gasteiger partial charge in [0.05, 0.1) is 34.7 Å². The summed E-state index contributed by atoms with van der Waals surface area (Å²) in [6.07, 6.45) is 39.4. The highest BCUT2D eigenvalue weighted by Gasteiger charge is 2.39. The van der Waals surface area contributed by atoms with Gasteiger partial charge in [-0.25, -0.2) is 0 Å². The molecule has 0 fully saturated rings. The highest BCUT2D eigenvalue weighted by atomic mass is 31.2. The summed E-state index contributed by atoms with van der Waals surface area (Å²) in [5.41, 5.74) is -1.01. The Bertz CT molecular complexity index is 1440. The molecular weight excluding hydrogens is 802 g/mol. The Hall–Kier alpha value is -3.14. The van der Waals surface area contributed by atoms with Gasteiger partial charge < -0.3 is 14.4 Å². The predicted octanol–water partition coefficient (Wildman–Crippen LogP) is 16.7. The molecule has 0 saturated carbocycles. The van der Waals surface area contributed by atoms with Gasteiger partial charge in [-0.05, 0) is 18.4 Å². The minimum Gasteiger partial charge on any atom is -0.334 e. The number of hydrogen-bond acceptors (Lipinski definition) is 8. The molecule has 1 unspecified atom stereocenters. The van der Waals surface area contributed by atoms with Crippen molar-refractivity contribution >= 4 is 24.9 Å². The van der Waals surface area contributed by atoms with Crippen LogP contribution in [0.25, 0.3) is 0 Å². The van der Waals surface area contributed by atoms with Crippen LogP contribution < -0.4 is 5.32 Å². The maximum Gasteiger partial charge on any atom is 0.357 e. The minimum atomic E-state index is -4.07. The van der Waals surface area contributed by atoms with Gasteiger partial charge in [0.2, 0.25) is 0 Å². The van der Waals surface area contributed by atoms with Gasteiger partial charge in [-0.15, -0.1) is 0 Å². The highest BCUT2D eigenvalue weighted by Crippen LogP contribution is 2.60. The Labute approximate surface area is 375 Å². The summed E-state index contributed by atoms with van der Waals surface area (Å²) < 4.78 is 27.2. The number of non-ortho nitro benzene ring substituents is 2. The molecule has 2 aromatic rings. The molecule has 0 aliphatic carbocycles. The van der Waals surface area contributed by atoms with Crippen LogP contribution in [0.3, 0.4) is 0 Å². The fourth-order valence-electron chi connectivity index (χ4n) is 8.00. The number of nitro groups is 2. The number of carbonyl (C=O) groups is 1. The zero-order valence-electron chi connectivity index (χ0n) is 38.8. The number of amides is 1. The van der Waals surface area contributed by atoms with Crippen LogP contribution in [-0.2, 0) is 13.6 Å². The highest BCUT2D eigenvalue weighted by molar-refractivity contribution is 7.54. The monoisotopic (exact) mass is 886 g/mol. The number of unbranched alkanes of at least 4 members (excludes halogenated alkanes) is 30. The lowest BCUT2D eigenvalue weighted by molar-refractivity contribution is -0.394. The van der Waals surface area contributed by atoms with E-state index < -0.39 is 40.5 Å². The lowest BCUT2D eigenvalue weighted by Crippen LogP contribution is -2.30. The van der Waals surface area contributed by atoms with Gasteiger partial charge in [-0.2, -0.15) is 0 Å². The Kier molecular flexibility index (Phi) is 32.1. The van der Waals surface area contributed by atoms with E-state index in [2.05, 4.69) is 19.2 Å². The Balaban J connectivity index is 1.91. The van der Waals surface area contributed by atoms with E-state index in [1.165, 1.54) is 154 Å². The molecule has 0 saturated heterocycles. The van der Waals surface area contributed by atoms with Crippen LogP contribution in [-0.4, -0.2) is 29.0 Å². The van der Waals surface area contributed by atoms with Gasteiger partial charge in [-0.3, -0.25) is 29.6 Å². The molecule has 0 aromatic heterocycles. The van der Waals surface area contributed by atoms with Crippen LogP contribution in [0, 0.1) is 20.2 Å². The first-order valence-corrected chi connectivity index (χ1v) is 26.5. The van der Waals surface area contributed by atoms with E-state index in [-0.39, 0.29) is 18.8 Å². The van der Waals surface area contributed by atoms with Crippen molar-refractivity contribution in [2.24, 2.45) is 0 Å². The van der Waals surface area contributed by atoms with Crippen molar-refractivity contribution in [1.82, 2.24) is 5.32 Å². The second-order valence-corrected chi connectivity index (χ2v) is 19.5. The van der Waals surface area contributed by atoms with Crippen molar-refractivity contribution in [1.29, 1.82) is 0 Å². The Morgan fingerprint density at radius 1 is 0.516 bits per heavy atom. The molecule has 352 valence electrons. The van der Waals surface area contributed by atoms with E-state index in [9.17, 15) is 29.6 Å². The number of hydrogen-bond donors (Lipinski definition) is 1. The first-order valence-electron chi connectivity index (χ1n) is 24.9. The number of nitrogens with one attached hydrogen (secondary N) is 1. The van der Waals surface area contributed by atoms with Crippen LogP contribution in [0.2, 0.25) is 0 Å². The number of carbonyl (C=O) groups excluding carboxylic acids is 1. The zero-order valence-corrected chi connectivity index (χ0v) is 39.7. The molecule has 1 N–H and O–H groups in total. The fourth-order valence-corrected chi connectivity index (χ4v) is 9.95. The Morgan fingerprint density at radius 3 is 1.13 bits per heavy atom. The van der Waals surface area contributed by atoms with E-state index >= 15 is 0 Å². The fraction of sp³-hybridized carbons (Fsp3) is 0.740. The molecule has 0 bridgehead atoms.